The van der Waals surface area contributed by atoms with Crippen LogP contribution in [0.2, 0.25) is 0 Å². The van der Waals surface area contributed by atoms with Crippen LogP contribution in [0.1, 0.15) is 28.9 Å². The molecule has 0 spiro atoms. The van der Waals surface area contributed by atoms with Crippen molar-refractivity contribution in [3.63, 3.8) is 0 Å². The second-order valence-electron chi connectivity index (χ2n) is 7.15. The zero-order chi connectivity index (χ0) is 20.9. The summed E-state index contributed by atoms with van der Waals surface area (Å²) in [6.45, 7) is 1.84. The minimum atomic E-state index is -0.442. The topological polar surface area (TPSA) is 84.7 Å². The number of aromatic nitrogens is 1. The number of amides is 1. The minimum Gasteiger partial charge on any atom is -0.465 e. The van der Waals surface area contributed by atoms with Crippen LogP contribution in [0.25, 0.3) is 11.5 Å². The monoisotopic (exact) mass is 405 g/mol. The predicted molar refractivity (Wildman–Crippen MR) is 114 cm³/mol. The first-order valence-electron chi connectivity index (χ1n) is 9.91. The third-order valence-corrected chi connectivity index (χ3v) is 5.05. The number of carbonyl (C=O) groups is 2. The van der Waals surface area contributed by atoms with Gasteiger partial charge in [0.05, 0.1) is 36.2 Å². The fraction of sp³-hybridized carbons (Fsp3) is 0.261. The molecule has 0 aliphatic carbocycles. The predicted octanol–water partition coefficient (Wildman–Crippen LogP) is 3.91. The number of hydrogen-bond acceptors (Lipinski definition) is 6. The SMILES string of the molecule is COC(=O)c1ccc(N2CCCC2)c(NC(=O)Cc2coc(-c3ccccc3)n2)c1. The van der Waals surface area contributed by atoms with Gasteiger partial charge in [0, 0.05) is 18.7 Å². The molecule has 0 saturated carbocycles. The quantitative estimate of drug-likeness (QED) is 0.626. The van der Waals surface area contributed by atoms with Crippen molar-refractivity contribution in [3.05, 3.63) is 66.1 Å². The Kier molecular flexibility index (Phi) is 5.79. The summed E-state index contributed by atoms with van der Waals surface area (Å²) in [5.74, 6) is -0.198. The molecule has 4 rings (SSSR count). The van der Waals surface area contributed by atoms with Gasteiger partial charge in [-0.1, -0.05) is 18.2 Å². The Balaban J connectivity index is 1.52. The molecule has 1 aliphatic rings. The molecule has 2 heterocycles. The van der Waals surface area contributed by atoms with Crippen LogP contribution in [0.3, 0.4) is 0 Å². The first kappa shape index (κ1) is 19.7. The van der Waals surface area contributed by atoms with E-state index in [9.17, 15) is 9.59 Å². The van der Waals surface area contributed by atoms with Gasteiger partial charge in [-0.2, -0.15) is 0 Å². The van der Waals surface area contributed by atoms with Crippen LogP contribution < -0.4 is 10.2 Å². The number of carbonyl (C=O) groups excluding carboxylic acids is 2. The summed E-state index contributed by atoms with van der Waals surface area (Å²) in [6, 6.07) is 14.8. The van der Waals surface area contributed by atoms with Crippen molar-refractivity contribution < 1.29 is 18.7 Å². The lowest BCUT2D eigenvalue weighted by Gasteiger charge is -2.22. The van der Waals surface area contributed by atoms with Crippen molar-refractivity contribution in [1.29, 1.82) is 0 Å². The van der Waals surface area contributed by atoms with Gasteiger partial charge in [0.1, 0.15) is 6.26 Å². The Morgan fingerprint density at radius 3 is 2.63 bits per heavy atom. The van der Waals surface area contributed by atoms with Gasteiger partial charge < -0.3 is 19.4 Å². The molecule has 1 N–H and O–H groups in total. The maximum Gasteiger partial charge on any atom is 0.337 e. The molecule has 1 saturated heterocycles. The first-order chi connectivity index (χ1) is 14.6. The van der Waals surface area contributed by atoms with E-state index in [0.29, 0.717) is 22.8 Å². The Morgan fingerprint density at radius 2 is 1.90 bits per heavy atom. The van der Waals surface area contributed by atoms with Crippen molar-refractivity contribution in [1.82, 2.24) is 4.98 Å². The minimum absolute atomic E-state index is 0.0677. The highest BCUT2D eigenvalue weighted by Gasteiger charge is 2.20. The van der Waals surface area contributed by atoms with Crippen molar-refractivity contribution in [2.24, 2.45) is 0 Å². The molecular formula is C23H23N3O4. The number of ether oxygens (including phenoxy) is 1. The van der Waals surface area contributed by atoms with E-state index in [2.05, 4.69) is 15.2 Å². The van der Waals surface area contributed by atoms with E-state index in [4.69, 9.17) is 9.15 Å². The van der Waals surface area contributed by atoms with Crippen molar-refractivity contribution in [2.75, 3.05) is 30.4 Å². The summed E-state index contributed by atoms with van der Waals surface area (Å²) in [4.78, 5) is 31.3. The van der Waals surface area contributed by atoms with E-state index in [0.717, 1.165) is 37.2 Å². The Bertz CT molecular complexity index is 1040. The number of methoxy groups -OCH3 is 1. The fourth-order valence-corrected chi connectivity index (χ4v) is 3.58. The lowest BCUT2D eigenvalue weighted by Crippen LogP contribution is -2.22. The summed E-state index contributed by atoms with van der Waals surface area (Å²) in [7, 11) is 1.34. The molecule has 154 valence electrons. The van der Waals surface area contributed by atoms with Gasteiger partial charge in [-0.3, -0.25) is 4.79 Å². The molecule has 0 radical (unpaired) electrons. The highest BCUT2D eigenvalue weighted by molar-refractivity contribution is 5.98. The number of hydrogen-bond donors (Lipinski definition) is 1. The second-order valence-corrected chi connectivity index (χ2v) is 7.15. The molecule has 1 amide bonds. The smallest absolute Gasteiger partial charge is 0.337 e. The molecule has 1 aromatic heterocycles. The van der Waals surface area contributed by atoms with Crippen LogP contribution in [0.4, 0.5) is 11.4 Å². The van der Waals surface area contributed by atoms with Crippen molar-refractivity contribution in [2.45, 2.75) is 19.3 Å². The molecule has 1 aliphatic heterocycles. The average Bonchev–Trinajstić information content (AvgIpc) is 3.46. The summed E-state index contributed by atoms with van der Waals surface area (Å²) >= 11 is 0. The zero-order valence-corrected chi connectivity index (χ0v) is 16.8. The number of oxazole rings is 1. The van der Waals surface area contributed by atoms with Gasteiger partial charge in [-0.15, -0.1) is 0 Å². The molecule has 0 unspecified atom stereocenters. The van der Waals surface area contributed by atoms with Crippen molar-refractivity contribution >= 4 is 23.3 Å². The lowest BCUT2D eigenvalue weighted by molar-refractivity contribution is -0.115. The average molecular weight is 405 g/mol. The van der Waals surface area contributed by atoms with Gasteiger partial charge in [-0.05, 0) is 43.2 Å². The molecular weight excluding hydrogens is 382 g/mol. The highest BCUT2D eigenvalue weighted by atomic mass is 16.5. The molecule has 0 bridgehead atoms. The standard InChI is InChI=1S/C23H23N3O4/c1-29-23(28)17-9-10-20(26-11-5-6-12-26)19(13-17)25-21(27)14-18-15-30-22(24-18)16-7-3-2-4-8-16/h2-4,7-10,13,15H,5-6,11-12,14H2,1H3,(H,25,27). The van der Waals surface area contributed by atoms with E-state index in [1.54, 1.807) is 12.1 Å². The maximum absolute atomic E-state index is 12.7. The molecule has 1 fully saturated rings. The van der Waals surface area contributed by atoms with Crippen molar-refractivity contribution in [3.8, 4) is 11.5 Å². The maximum atomic E-state index is 12.7. The van der Waals surface area contributed by atoms with Crippen LogP contribution in [0.5, 0.6) is 0 Å². The van der Waals surface area contributed by atoms with E-state index in [1.165, 1.54) is 13.4 Å². The van der Waals surface area contributed by atoms with Gasteiger partial charge in [-0.25, -0.2) is 9.78 Å². The molecule has 30 heavy (non-hydrogen) atoms. The van der Waals surface area contributed by atoms with Crippen LogP contribution in [0, 0.1) is 0 Å². The number of anilines is 2. The molecule has 0 atom stereocenters. The Labute approximate surface area is 174 Å². The fourth-order valence-electron chi connectivity index (χ4n) is 3.58. The number of esters is 1. The van der Waals surface area contributed by atoms with Gasteiger partial charge in [0.15, 0.2) is 0 Å². The van der Waals surface area contributed by atoms with E-state index < -0.39 is 5.97 Å². The first-order valence-corrected chi connectivity index (χ1v) is 9.91. The number of nitrogens with one attached hydrogen (secondary N) is 1. The number of rotatable bonds is 6. The molecule has 7 heteroatoms. The third-order valence-electron chi connectivity index (χ3n) is 5.05. The summed E-state index contributed by atoms with van der Waals surface area (Å²) in [5, 5.41) is 2.93. The van der Waals surface area contributed by atoms with Gasteiger partial charge >= 0.3 is 5.97 Å². The van der Waals surface area contributed by atoms with Gasteiger partial charge in [0.25, 0.3) is 0 Å². The highest BCUT2D eigenvalue weighted by Crippen LogP contribution is 2.30. The van der Waals surface area contributed by atoms with Crippen LogP contribution in [0.15, 0.2) is 59.2 Å². The zero-order valence-electron chi connectivity index (χ0n) is 16.8. The molecule has 3 aromatic rings. The summed E-state index contributed by atoms with van der Waals surface area (Å²) in [6.07, 6.45) is 3.77. The van der Waals surface area contributed by atoms with Crippen LogP contribution >= 0.6 is 0 Å². The number of nitrogens with zero attached hydrogens (tertiary/aromatic N) is 2. The van der Waals surface area contributed by atoms with Crippen LogP contribution in [-0.2, 0) is 16.0 Å². The summed E-state index contributed by atoms with van der Waals surface area (Å²) in [5.41, 5.74) is 3.28. The van der Waals surface area contributed by atoms with E-state index >= 15 is 0 Å². The normalized spacial score (nSPS) is 13.3. The second kappa shape index (κ2) is 8.82. The molecule has 7 nitrogen and oxygen atoms in total. The summed E-state index contributed by atoms with van der Waals surface area (Å²) < 4.78 is 10.3. The van der Waals surface area contributed by atoms with Crippen LogP contribution in [-0.4, -0.2) is 37.1 Å². The largest absolute Gasteiger partial charge is 0.465 e. The Hall–Kier alpha value is -3.61. The lowest BCUT2D eigenvalue weighted by atomic mass is 10.1. The van der Waals surface area contributed by atoms with E-state index in [-0.39, 0.29) is 12.3 Å². The van der Waals surface area contributed by atoms with Gasteiger partial charge in [0.2, 0.25) is 11.8 Å². The third kappa shape index (κ3) is 4.35. The van der Waals surface area contributed by atoms with E-state index in [1.807, 2.05) is 36.4 Å². The number of benzene rings is 2. The molecule has 2 aromatic carbocycles. The Morgan fingerprint density at radius 1 is 1.13 bits per heavy atom.